The molecule has 1 atom stereocenters. The van der Waals surface area contributed by atoms with Crippen LogP contribution in [0.3, 0.4) is 0 Å². The normalized spacial score (nSPS) is 19.4. The highest BCUT2D eigenvalue weighted by atomic mass is 16.5. The van der Waals surface area contributed by atoms with Gasteiger partial charge in [0.15, 0.2) is 0 Å². The molecule has 0 bridgehead atoms. The van der Waals surface area contributed by atoms with Gasteiger partial charge in [0.1, 0.15) is 17.9 Å². The minimum Gasteiger partial charge on any atom is -0.462 e. The summed E-state index contributed by atoms with van der Waals surface area (Å²) in [6.07, 6.45) is 9.82. The maximum Gasteiger partial charge on any atom is 0.319 e. The summed E-state index contributed by atoms with van der Waals surface area (Å²) in [4.78, 5) is 11.1. The van der Waals surface area contributed by atoms with Crippen LogP contribution in [0.2, 0.25) is 0 Å². The van der Waals surface area contributed by atoms with E-state index in [9.17, 15) is 0 Å². The molecule has 3 heterocycles. The van der Waals surface area contributed by atoms with Gasteiger partial charge in [-0.3, -0.25) is 0 Å². The molecular formula is C15H18N4O. The van der Waals surface area contributed by atoms with Gasteiger partial charge in [0.2, 0.25) is 0 Å². The zero-order chi connectivity index (χ0) is 14.1. The van der Waals surface area contributed by atoms with Gasteiger partial charge in [-0.2, -0.15) is 9.97 Å². The largest absolute Gasteiger partial charge is 0.462 e. The maximum atomic E-state index is 5.76. The molecule has 5 nitrogen and oxygen atoms in total. The number of ether oxygens (including phenoxy) is 1. The molecule has 1 fully saturated rings. The Morgan fingerprint density at radius 3 is 3.00 bits per heavy atom. The van der Waals surface area contributed by atoms with E-state index in [0.29, 0.717) is 24.4 Å². The molecule has 2 aromatic heterocycles. The zero-order valence-electron chi connectivity index (χ0n) is 11.8. The van der Waals surface area contributed by atoms with E-state index in [0.717, 1.165) is 24.0 Å². The highest BCUT2D eigenvalue weighted by Crippen LogP contribution is 2.20. The number of likely N-dealkylation sites (N-methyl/N-ethyl adjacent to an activating group) is 1. The molecule has 2 aromatic rings. The second-order valence-electron chi connectivity index (χ2n) is 5.25. The molecule has 3 rings (SSSR count). The van der Waals surface area contributed by atoms with Gasteiger partial charge < -0.3 is 14.2 Å². The number of rotatable bonds is 3. The Balaban J connectivity index is 1.84. The molecule has 0 saturated carbocycles. The second kappa shape index (κ2) is 5.14. The number of likely N-dealkylation sites (tertiary alicyclic amines) is 1. The van der Waals surface area contributed by atoms with Gasteiger partial charge >= 0.3 is 6.01 Å². The van der Waals surface area contributed by atoms with Crippen LogP contribution in [0, 0.1) is 12.3 Å². The van der Waals surface area contributed by atoms with Crippen LogP contribution in [0.15, 0.2) is 12.3 Å². The lowest BCUT2D eigenvalue weighted by Crippen LogP contribution is -2.30. The van der Waals surface area contributed by atoms with Gasteiger partial charge in [-0.1, -0.05) is 0 Å². The predicted molar refractivity (Wildman–Crippen MR) is 77.6 cm³/mol. The molecule has 0 radical (unpaired) electrons. The number of nitrogens with zero attached hydrogens (tertiary/aromatic N) is 4. The first kappa shape index (κ1) is 12.9. The SMILES string of the molecule is C#Cc1nc(OCC2CCCN2C)nc2c1ccn2C. The van der Waals surface area contributed by atoms with Crippen molar-refractivity contribution in [2.24, 2.45) is 7.05 Å². The average Bonchev–Trinajstić information content (AvgIpc) is 3.03. The van der Waals surface area contributed by atoms with Crippen molar-refractivity contribution in [1.29, 1.82) is 0 Å². The molecule has 0 aromatic carbocycles. The molecular weight excluding hydrogens is 252 g/mol. The van der Waals surface area contributed by atoms with Crippen LogP contribution in [0.5, 0.6) is 6.01 Å². The molecule has 1 unspecified atom stereocenters. The van der Waals surface area contributed by atoms with E-state index in [1.165, 1.54) is 6.42 Å². The van der Waals surface area contributed by atoms with Gasteiger partial charge in [-0.25, -0.2) is 0 Å². The number of aromatic nitrogens is 3. The summed E-state index contributed by atoms with van der Waals surface area (Å²) in [5.74, 6) is 2.61. The third-order valence-electron chi connectivity index (χ3n) is 3.92. The minimum atomic E-state index is 0.368. The molecule has 5 heteroatoms. The van der Waals surface area contributed by atoms with E-state index < -0.39 is 0 Å². The Hall–Kier alpha value is -2.06. The van der Waals surface area contributed by atoms with Gasteiger partial charge in [0.25, 0.3) is 0 Å². The van der Waals surface area contributed by atoms with Crippen LogP contribution in [-0.4, -0.2) is 45.7 Å². The van der Waals surface area contributed by atoms with E-state index in [4.69, 9.17) is 11.2 Å². The summed E-state index contributed by atoms with van der Waals surface area (Å²) in [5.41, 5.74) is 1.40. The van der Waals surface area contributed by atoms with Crippen molar-refractivity contribution in [3.05, 3.63) is 18.0 Å². The predicted octanol–water partition coefficient (Wildman–Crippen LogP) is 1.42. The van der Waals surface area contributed by atoms with E-state index in [-0.39, 0.29) is 0 Å². The molecule has 0 aliphatic carbocycles. The van der Waals surface area contributed by atoms with E-state index >= 15 is 0 Å². The maximum absolute atomic E-state index is 5.76. The Morgan fingerprint density at radius 1 is 1.45 bits per heavy atom. The van der Waals surface area contributed by atoms with E-state index in [1.54, 1.807) is 0 Å². The average molecular weight is 270 g/mol. The van der Waals surface area contributed by atoms with Crippen LogP contribution in [-0.2, 0) is 7.05 Å². The summed E-state index contributed by atoms with van der Waals surface area (Å²) in [6.45, 7) is 1.73. The highest BCUT2D eigenvalue weighted by Gasteiger charge is 2.22. The molecule has 0 amide bonds. The smallest absolute Gasteiger partial charge is 0.319 e. The van der Waals surface area contributed by atoms with Crippen molar-refractivity contribution in [3.63, 3.8) is 0 Å². The van der Waals surface area contributed by atoms with Gasteiger partial charge in [-0.15, -0.1) is 6.42 Å². The van der Waals surface area contributed by atoms with Crippen molar-refractivity contribution >= 4 is 11.0 Å². The van der Waals surface area contributed by atoms with Crippen molar-refractivity contribution in [1.82, 2.24) is 19.4 Å². The fourth-order valence-corrected chi connectivity index (χ4v) is 2.65. The first-order chi connectivity index (χ1) is 9.69. The Labute approximate surface area is 118 Å². The topological polar surface area (TPSA) is 43.2 Å². The second-order valence-corrected chi connectivity index (χ2v) is 5.25. The van der Waals surface area contributed by atoms with E-state index in [1.807, 2.05) is 23.9 Å². The van der Waals surface area contributed by atoms with Crippen LogP contribution in [0.1, 0.15) is 18.5 Å². The molecule has 0 spiro atoms. The van der Waals surface area contributed by atoms with Gasteiger partial charge in [0, 0.05) is 19.3 Å². The van der Waals surface area contributed by atoms with Crippen molar-refractivity contribution in [2.75, 3.05) is 20.2 Å². The van der Waals surface area contributed by atoms with Crippen LogP contribution in [0.25, 0.3) is 11.0 Å². The first-order valence-electron chi connectivity index (χ1n) is 6.82. The Morgan fingerprint density at radius 2 is 2.30 bits per heavy atom. The standard InChI is InChI=1S/C15H18N4O/c1-4-13-12-7-9-19(3)14(12)17-15(16-13)20-10-11-6-5-8-18(11)2/h1,7,9,11H,5-6,8,10H2,2-3H3. The number of hydrogen-bond acceptors (Lipinski definition) is 4. The minimum absolute atomic E-state index is 0.368. The zero-order valence-corrected chi connectivity index (χ0v) is 11.8. The Bertz CT molecular complexity index is 670. The summed E-state index contributed by atoms with van der Waals surface area (Å²) in [5, 5.41) is 0.889. The highest BCUT2D eigenvalue weighted by molar-refractivity contribution is 5.81. The van der Waals surface area contributed by atoms with Crippen LogP contribution < -0.4 is 4.74 Å². The third-order valence-corrected chi connectivity index (χ3v) is 3.92. The molecule has 104 valence electrons. The first-order valence-corrected chi connectivity index (χ1v) is 6.82. The quantitative estimate of drug-likeness (QED) is 0.791. The van der Waals surface area contributed by atoms with Crippen molar-refractivity contribution in [3.8, 4) is 18.4 Å². The fourth-order valence-electron chi connectivity index (χ4n) is 2.65. The lowest BCUT2D eigenvalue weighted by Gasteiger charge is -2.18. The monoisotopic (exact) mass is 270 g/mol. The lowest BCUT2D eigenvalue weighted by atomic mass is 10.2. The molecule has 1 aliphatic rings. The van der Waals surface area contributed by atoms with E-state index in [2.05, 4.69) is 27.8 Å². The Kier molecular flexibility index (Phi) is 3.33. The molecule has 20 heavy (non-hydrogen) atoms. The summed E-state index contributed by atoms with van der Waals surface area (Å²) >= 11 is 0. The molecule has 0 N–H and O–H groups in total. The fraction of sp³-hybridized carbons (Fsp3) is 0.467. The van der Waals surface area contributed by atoms with Crippen LogP contribution in [0.4, 0.5) is 0 Å². The summed E-state index contributed by atoms with van der Waals surface area (Å²) in [7, 11) is 4.05. The van der Waals surface area contributed by atoms with Crippen molar-refractivity contribution in [2.45, 2.75) is 18.9 Å². The summed E-state index contributed by atoms with van der Waals surface area (Å²) < 4.78 is 7.69. The molecule has 1 aliphatic heterocycles. The summed E-state index contributed by atoms with van der Waals surface area (Å²) in [6, 6.07) is 2.74. The number of hydrogen-bond donors (Lipinski definition) is 0. The van der Waals surface area contributed by atoms with Crippen molar-refractivity contribution < 1.29 is 4.74 Å². The number of fused-ring (bicyclic) bond motifs is 1. The molecule has 1 saturated heterocycles. The third kappa shape index (κ3) is 2.23. The number of aryl methyl sites for hydroxylation is 1. The van der Waals surface area contributed by atoms with Gasteiger partial charge in [0.05, 0.1) is 5.39 Å². The van der Waals surface area contributed by atoms with Crippen LogP contribution >= 0.6 is 0 Å². The van der Waals surface area contributed by atoms with Gasteiger partial charge in [-0.05, 0) is 38.4 Å². The number of terminal acetylenes is 1. The lowest BCUT2D eigenvalue weighted by molar-refractivity contribution is 0.188.